The zero-order chi connectivity index (χ0) is 28.0. The lowest BCUT2D eigenvalue weighted by atomic mass is 10.0. The molecule has 4 aromatic carbocycles. The van der Waals surface area contributed by atoms with Gasteiger partial charge in [-0.3, -0.25) is 4.90 Å². The predicted octanol–water partition coefficient (Wildman–Crippen LogP) is 8.76. The van der Waals surface area contributed by atoms with Gasteiger partial charge < -0.3 is 9.15 Å². The van der Waals surface area contributed by atoms with Crippen LogP contribution in [0, 0.1) is 18.8 Å². The SMILES string of the molecule is Cc1oc(-c2ccccc2)nc1CC#Cc1ccc([C@@H]2CC[C@@H](C)N2Cc2ccc(Oc3ccccc3)cc2)cc1. The van der Waals surface area contributed by atoms with E-state index in [0.29, 0.717) is 24.4 Å². The van der Waals surface area contributed by atoms with Crippen molar-refractivity contribution in [2.24, 2.45) is 0 Å². The van der Waals surface area contributed by atoms with Crippen LogP contribution in [0.2, 0.25) is 0 Å². The van der Waals surface area contributed by atoms with E-state index in [1.54, 1.807) is 0 Å². The van der Waals surface area contributed by atoms with Crippen LogP contribution in [0.15, 0.2) is 114 Å². The summed E-state index contributed by atoms with van der Waals surface area (Å²) in [6, 6.07) is 38.1. The molecule has 5 aromatic rings. The van der Waals surface area contributed by atoms with Crippen LogP contribution >= 0.6 is 0 Å². The lowest BCUT2D eigenvalue weighted by Crippen LogP contribution is -2.29. The van der Waals surface area contributed by atoms with Crippen LogP contribution in [0.1, 0.15) is 54.0 Å². The van der Waals surface area contributed by atoms with Gasteiger partial charge in [-0.1, -0.05) is 72.5 Å². The zero-order valence-corrected chi connectivity index (χ0v) is 23.6. The Morgan fingerprint density at radius 1 is 0.829 bits per heavy atom. The molecular weight excluding hydrogens is 504 g/mol. The molecular formula is C37H34N2O2. The predicted molar refractivity (Wildman–Crippen MR) is 164 cm³/mol. The van der Waals surface area contributed by atoms with E-state index in [9.17, 15) is 0 Å². The lowest BCUT2D eigenvalue weighted by Gasteiger charge is -2.29. The molecule has 1 fully saturated rings. The Balaban J connectivity index is 1.08. The summed E-state index contributed by atoms with van der Waals surface area (Å²) in [5, 5.41) is 0. The molecule has 0 bridgehead atoms. The number of oxazole rings is 1. The molecule has 1 aliphatic rings. The number of hydrogen-bond acceptors (Lipinski definition) is 4. The molecule has 1 aromatic heterocycles. The molecule has 204 valence electrons. The molecule has 0 aliphatic carbocycles. The number of benzene rings is 4. The van der Waals surface area contributed by atoms with Crippen LogP contribution in [0.25, 0.3) is 11.5 Å². The largest absolute Gasteiger partial charge is 0.457 e. The number of aryl methyl sites for hydroxylation is 1. The minimum Gasteiger partial charge on any atom is -0.457 e. The highest BCUT2D eigenvalue weighted by atomic mass is 16.5. The summed E-state index contributed by atoms with van der Waals surface area (Å²) in [6.07, 6.45) is 2.92. The molecule has 1 aliphatic heterocycles. The Morgan fingerprint density at radius 3 is 2.24 bits per heavy atom. The molecule has 0 amide bonds. The first-order valence-corrected chi connectivity index (χ1v) is 14.3. The molecule has 2 heterocycles. The first-order valence-electron chi connectivity index (χ1n) is 14.3. The fraction of sp³-hybridized carbons (Fsp3) is 0.216. The van der Waals surface area contributed by atoms with Gasteiger partial charge in [0.05, 0.1) is 12.1 Å². The smallest absolute Gasteiger partial charge is 0.226 e. The van der Waals surface area contributed by atoms with Gasteiger partial charge in [0.15, 0.2) is 0 Å². The van der Waals surface area contributed by atoms with Gasteiger partial charge in [0.1, 0.15) is 17.3 Å². The summed E-state index contributed by atoms with van der Waals surface area (Å²) in [7, 11) is 0. The van der Waals surface area contributed by atoms with Crippen molar-refractivity contribution in [1.29, 1.82) is 0 Å². The number of para-hydroxylation sites is 1. The van der Waals surface area contributed by atoms with E-state index in [0.717, 1.165) is 47.0 Å². The molecule has 0 unspecified atom stereocenters. The van der Waals surface area contributed by atoms with Crippen LogP contribution in [0.4, 0.5) is 0 Å². The Morgan fingerprint density at radius 2 is 1.51 bits per heavy atom. The highest BCUT2D eigenvalue weighted by molar-refractivity contribution is 5.53. The summed E-state index contributed by atoms with van der Waals surface area (Å²) in [4.78, 5) is 7.29. The van der Waals surface area contributed by atoms with Crippen LogP contribution in [0.3, 0.4) is 0 Å². The second-order valence-corrected chi connectivity index (χ2v) is 10.7. The molecule has 6 rings (SSSR count). The molecule has 0 radical (unpaired) electrons. The molecule has 0 spiro atoms. The van der Waals surface area contributed by atoms with Crippen LogP contribution in [0.5, 0.6) is 11.5 Å². The minimum atomic E-state index is 0.404. The van der Waals surface area contributed by atoms with Gasteiger partial charge in [0.25, 0.3) is 0 Å². The maximum atomic E-state index is 5.97. The highest BCUT2D eigenvalue weighted by Crippen LogP contribution is 2.37. The second kappa shape index (κ2) is 12.3. The normalized spacial score (nSPS) is 16.7. The average molecular weight is 539 g/mol. The van der Waals surface area contributed by atoms with Gasteiger partial charge in [-0.15, -0.1) is 0 Å². The van der Waals surface area contributed by atoms with Crippen molar-refractivity contribution in [3.8, 4) is 34.8 Å². The summed E-state index contributed by atoms with van der Waals surface area (Å²) in [5.41, 5.74) is 5.54. The summed E-state index contributed by atoms with van der Waals surface area (Å²) < 4.78 is 11.8. The van der Waals surface area contributed by atoms with Crippen LogP contribution < -0.4 is 4.74 Å². The summed E-state index contributed by atoms with van der Waals surface area (Å²) >= 11 is 0. The number of ether oxygens (including phenoxy) is 1. The van der Waals surface area contributed by atoms with Crippen LogP contribution in [-0.2, 0) is 13.0 Å². The van der Waals surface area contributed by atoms with Crippen molar-refractivity contribution in [3.63, 3.8) is 0 Å². The Labute approximate surface area is 242 Å². The molecule has 1 saturated heterocycles. The second-order valence-electron chi connectivity index (χ2n) is 10.7. The number of likely N-dealkylation sites (tertiary alicyclic amines) is 1. The van der Waals surface area contributed by atoms with E-state index in [4.69, 9.17) is 9.15 Å². The quantitative estimate of drug-likeness (QED) is 0.194. The molecule has 4 heteroatoms. The van der Waals surface area contributed by atoms with E-state index >= 15 is 0 Å². The number of rotatable bonds is 7. The van der Waals surface area contributed by atoms with Gasteiger partial charge >= 0.3 is 0 Å². The molecule has 2 atom stereocenters. The molecule has 4 nitrogen and oxygen atoms in total. The molecule has 0 N–H and O–H groups in total. The van der Waals surface area contributed by atoms with Crippen molar-refractivity contribution < 1.29 is 9.15 Å². The fourth-order valence-electron chi connectivity index (χ4n) is 5.48. The van der Waals surface area contributed by atoms with Gasteiger partial charge in [-0.2, -0.15) is 0 Å². The standard InChI is InChI=1S/C37H34N2O2/c1-27-16-25-36(39(27)26-30-19-23-34(24-20-30)41-33-13-7-4-8-14-33)31-21-17-29(18-22-31)10-9-15-35-28(2)40-37(38-35)32-11-5-3-6-12-32/h3-8,11-14,17-24,27,36H,15-16,25-26H2,1-2H3/t27-,36+/m1/s1. The third-order valence-electron chi connectivity index (χ3n) is 7.79. The third kappa shape index (κ3) is 6.43. The topological polar surface area (TPSA) is 38.5 Å². The van der Waals surface area contributed by atoms with Gasteiger partial charge in [-0.05, 0) is 86.3 Å². The first kappa shape index (κ1) is 26.6. The maximum absolute atomic E-state index is 5.97. The Bertz CT molecular complexity index is 1630. The average Bonchev–Trinajstić information content (AvgIpc) is 3.57. The summed E-state index contributed by atoms with van der Waals surface area (Å²) in [5.74, 6) is 9.78. The maximum Gasteiger partial charge on any atom is 0.226 e. The van der Waals surface area contributed by atoms with E-state index < -0.39 is 0 Å². The van der Waals surface area contributed by atoms with E-state index in [1.807, 2.05) is 67.6 Å². The van der Waals surface area contributed by atoms with Crippen molar-refractivity contribution >= 4 is 0 Å². The highest BCUT2D eigenvalue weighted by Gasteiger charge is 2.31. The Kier molecular flexibility index (Phi) is 7.98. The van der Waals surface area contributed by atoms with Crippen molar-refractivity contribution in [2.75, 3.05) is 0 Å². The first-order chi connectivity index (χ1) is 20.1. The fourth-order valence-corrected chi connectivity index (χ4v) is 5.48. The van der Waals surface area contributed by atoms with E-state index in [1.165, 1.54) is 17.5 Å². The summed E-state index contributed by atoms with van der Waals surface area (Å²) in [6.45, 7) is 5.20. The van der Waals surface area contributed by atoms with Crippen molar-refractivity contribution in [2.45, 2.75) is 51.7 Å². The van der Waals surface area contributed by atoms with Crippen molar-refractivity contribution in [1.82, 2.24) is 9.88 Å². The zero-order valence-electron chi connectivity index (χ0n) is 23.6. The monoisotopic (exact) mass is 538 g/mol. The lowest BCUT2D eigenvalue weighted by molar-refractivity contribution is 0.195. The van der Waals surface area contributed by atoms with Gasteiger partial charge in [-0.25, -0.2) is 4.98 Å². The van der Waals surface area contributed by atoms with Crippen LogP contribution in [-0.4, -0.2) is 15.9 Å². The number of aromatic nitrogens is 1. The van der Waals surface area contributed by atoms with Gasteiger partial charge in [0, 0.05) is 29.8 Å². The number of hydrogen-bond donors (Lipinski definition) is 0. The Hall–Kier alpha value is -4.59. The minimum absolute atomic E-state index is 0.404. The third-order valence-corrected chi connectivity index (χ3v) is 7.79. The number of nitrogens with zero attached hydrogens (tertiary/aromatic N) is 2. The van der Waals surface area contributed by atoms with E-state index in [-0.39, 0.29) is 0 Å². The molecule has 0 saturated carbocycles. The van der Waals surface area contributed by atoms with Crippen molar-refractivity contribution in [3.05, 3.63) is 137 Å². The molecule has 41 heavy (non-hydrogen) atoms. The van der Waals surface area contributed by atoms with Gasteiger partial charge in [0.2, 0.25) is 5.89 Å². The van der Waals surface area contributed by atoms with E-state index in [2.05, 4.69) is 77.2 Å².